The van der Waals surface area contributed by atoms with E-state index in [-0.39, 0.29) is 5.76 Å². The lowest BCUT2D eigenvalue weighted by Crippen LogP contribution is -1.91. The molecule has 0 fully saturated rings. The number of carbonyl (C=O) groups is 1. The number of aryl methyl sites for hydroxylation is 1. The SMILES string of the molecule is Cc1oc(C(=O)O)cc1CSc1nc2ccc(N)cc2[nH]1. The molecule has 108 valence electrons. The lowest BCUT2D eigenvalue weighted by atomic mass is 10.3. The van der Waals surface area contributed by atoms with Gasteiger partial charge in [0.15, 0.2) is 5.16 Å². The molecule has 1 aromatic carbocycles. The summed E-state index contributed by atoms with van der Waals surface area (Å²) in [6, 6.07) is 7.04. The third-order valence-electron chi connectivity index (χ3n) is 3.08. The van der Waals surface area contributed by atoms with E-state index in [1.54, 1.807) is 19.1 Å². The molecule has 4 N–H and O–H groups in total. The van der Waals surface area contributed by atoms with Gasteiger partial charge in [-0.25, -0.2) is 9.78 Å². The van der Waals surface area contributed by atoms with Crippen LogP contribution in [0.5, 0.6) is 0 Å². The van der Waals surface area contributed by atoms with E-state index in [0.717, 1.165) is 21.8 Å². The lowest BCUT2D eigenvalue weighted by Gasteiger charge is -1.95. The Hall–Kier alpha value is -2.41. The normalized spacial score (nSPS) is 11.1. The first-order valence-corrected chi connectivity index (χ1v) is 7.22. The number of carboxylic acid groups (broad SMARTS) is 1. The van der Waals surface area contributed by atoms with Crippen molar-refractivity contribution in [1.29, 1.82) is 0 Å². The van der Waals surface area contributed by atoms with Crippen LogP contribution < -0.4 is 5.73 Å². The van der Waals surface area contributed by atoms with Gasteiger partial charge < -0.3 is 20.2 Å². The summed E-state index contributed by atoms with van der Waals surface area (Å²) >= 11 is 1.48. The third-order valence-corrected chi connectivity index (χ3v) is 4.00. The second kappa shape index (κ2) is 5.17. The standard InChI is InChI=1S/C14H13N3O3S/c1-7-8(4-12(20-7)13(18)19)6-21-14-16-10-3-2-9(15)5-11(10)17-14/h2-5H,6,15H2,1H3,(H,16,17)(H,18,19). The number of aromatic amines is 1. The number of rotatable bonds is 4. The van der Waals surface area contributed by atoms with Crippen LogP contribution in [-0.2, 0) is 5.75 Å². The monoisotopic (exact) mass is 303 g/mol. The highest BCUT2D eigenvalue weighted by Crippen LogP contribution is 2.26. The van der Waals surface area contributed by atoms with Crippen molar-refractivity contribution in [3.8, 4) is 0 Å². The van der Waals surface area contributed by atoms with Gasteiger partial charge in [-0.3, -0.25) is 0 Å². The van der Waals surface area contributed by atoms with Gasteiger partial charge in [0.1, 0.15) is 5.76 Å². The molecule has 0 atom stereocenters. The van der Waals surface area contributed by atoms with Gasteiger partial charge in [0.25, 0.3) is 0 Å². The van der Waals surface area contributed by atoms with E-state index < -0.39 is 5.97 Å². The smallest absolute Gasteiger partial charge is 0.371 e. The van der Waals surface area contributed by atoms with Crippen molar-refractivity contribution < 1.29 is 14.3 Å². The van der Waals surface area contributed by atoms with Crippen LogP contribution in [0.15, 0.2) is 33.8 Å². The molecule has 0 spiro atoms. The Labute approximate surface area is 124 Å². The Morgan fingerprint density at radius 2 is 2.29 bits per heavy atom. The third kappa shape index (κ3) is 2.73. The maximum Gasteiger partial charge on any atom is 0.371 e. The molecule has 3 rings (SSSR count). The van der Waals surface area contributed by atoms with Gasteiger partial charge in [0.2, 0.25) is 5.76 Å². The van der Waals surface area contributed by atoms with E-state index in [1.807, 2.05) is 12.1 Å². The van der Waals surface area contributed by atoms with E-state index in [4.69, 9.17) is 15.3 Å². The second-order valence-corrected chi connectivity index (χ2v) is 5.57. The van der Waals surface area contributed by atoms with Crippen molar-refractivity contribution in [3.63, 3.8) is 0 Å². The van der Waals surface area contributed by atoms with Gasteiger partial charge >= 0.3 is 5.97 Å². The first-order chi connectivity index (χ1) is 10.0. The fourth-order valence-corrected chi connectivity index (χ4v) is 2.91. The number of nitrogens with two attached hydrogens (primary N) is 1. The number of carboxylic acids is 1. The fraction of sp³-hybridized carbons (Fsp3) is 0.143. The Balaban J connectivity index is 1.78. The van der Waals surface area contributed by atoms with E-state index >= 15 is 0 Å². The minimum atomic E-state index is -1.06. The average Bonchev–Trinajstić information content (AvgIpc) is 2.99. The van der Waals surface area contributed by atoms with Crippen LogP contribution in [0.25, 0.3) is 11.0 Å². The number of aromatic nitrogens is 2. The molecule has 0 bridgehead atoms. The first-order valence-electron chi connectivity index (χ1n) is 6.23. The summed E-state index contributed by atoms with van der Waals surface area (Å²) in [6.07, 6.45) is 0. The molecule has 0 aliphatic rings. The summed E-state index contributed by atoms with van der Waals surface area (Å²) in [7, 11) is 0. The predicted octanol–water partition coefficient (Wildman–Crippen LogP) is 3.04. The number of furan rings is 1. The van der Waals surface area contributed by atoms with Gasteiger partial charge in [-0.1, -0.05) is 11.8 Å². The predicted molar refractivity (Wildman–Crippen MR) is 80.5 cm³/mol. The van der Waals surface area contributed by atoms with Crippen LogP contribution in [0.3, 0.4) is 0 Å². The molecule has 21 heavy (non-hydrogen) atoms. The largest absolute Gasteiger partial charge is 0.475 e. The number of fused-ring (bicyclic) bond motifs is 1. The molecule has 0 radical (unpaired) electrons. The van der Waals surface area contributed by atoms with Gasteiger partial charge in [-0.15, -0.1) is 0 Å². The van der Waals surface area contributed by atoms with Crippen LogP contribution in [0.2, 0.25) is 0 Å². The summed E-state index contributed by atoms with van der Waals surface area (Å²) in [4.78, 5) is 18.5. The number of H-pyrrole nitrogens is 1. The molecule has 3 aromatic rings. The summed E-state index contributed by atoms with van der Waals surface area (Å²) in [6.45, 7) is 1.75. The van der Waals surface area contributed by atoms with E-state index in [9.17, 15) is 4.79 Å². The molecule has 0 aliphatic carbocycles. The maximum absolute atomic E-state index is 10.9. The molecular formula is C14H13N3O3S. The number of benzene rings is 1. The van der Waals surface area contributed by atoms with Gasteiger partial charge in [-0.05, 0) is 31.2 Å². The van der Waals surface area contributed by atoms with Gasteiger partial charge in [0, 0.05) is 17.0 Å². The zero-order valence-electron chi connectivity index (χ0n) is 11.2. The fourth-order valence-electron chi connectivity index (χ4n) is 1.99. The maximum atomic E-state index is 10.9. The molecule has 7 heteroatoms. The number of nitrogens with zero attached hydrogens (tertiary/aromatic N) is 1. The minimum Gasteiger partial charge on any atom is -0.475 e. The van der Waals surface area contributed by atoms with Crippen LogP contribution in [0, 0.1) is 6.92 Å². The van der Waals surface area contributed by atoms with Crippen molar-refractivity contribution >= 4 is 34.5 Å². The quantitative estimate of drug-likeness (QED) is 0.505. The molecule has 2 heterocycles. The van der Waals surface area contributed by atoms with Crippen molar-refractivity contribution in [2.24, 2.45) is 0 Å². The second-order valence-electron chi connectivity index (χ2n) is 4.60. The Morgan fingerprint density at radius 1 is 1.48 bits per heavy atom. The van der Waals surface area contributed by atoms with Gasteiger partial charge in [-0.2, -0.15) is 0 Å². The highest BCUT2D eigenvalue weighted by molar-refractivity contribution is 7.98. The Kier molecular flexibility index (Phi) is 3.34. The first kappa shape index (κ1) is 13.6. The molecule has 6 nitrogen and oxygen atoms in total. The summed E-state index contributed by atoms with van der Waals surface area (Å²) in [5.74, 6) is 0.0899. The number of hydrogen-bond donors (Lipinski definition) is 3. The summed E-state index contributed by atoms with van der Waals surface area (Å²) in [5, 5.41) is 9.66. The molecule has 0 amide bonds. The van der Waals surface area contributed by atoms with Crippen molar-refractivity contribution in [3.05, 3.63) is 41.3 Å². The van der Waals surface area contributed by atoms with Crippen LogP contribution in [-0.4, -0.2) is 21.0 Å². The average molecular weight is 303 g/mol. The molecule has 0 unspecified atom stereocenters. The molecule has 0 saturated carbocycles. The number of hydrogen-bond acceptors (Lipinski definition) is 5. The minimum absolute atomic E-state index is 0.0412. The highest BCUT2D eigenvalue weighted by atomic mass is 32.2. The van der Waals surface area contributed by atoms with E-state index in [0.29, 0.717) is 17.2 Å². The Morgan fingerprint density at radius 3 is 3.00 bits per heavy atom. The summed E-state index contributed by atoms with van der Waals surface area (Å²) in [5.41, 5.74) is 8.98. The highest BCUT2D eigenvalue weighted by Gasteiger charge is 2.14. The van der Waals surface area contributed by atoms with Crippen molar-refractivity contribution in [2.45, 2.75) is 17.8 Å². The number of nitrogen functional groups attached to an aromatic ring is 1. The number of aromatic carboxylic acids is 1. The van der Waals surface area contributed by atoms with E-state index in [2.05, 4.69) is 9.97 Å². The zero-order valence-corrected chi connectivity index (χ0v) is 12.0. The zero-order chi connectivity index (χ0) is 15.0. The van der Waals surface area contributed by atoms with Crippen LogP contribution in [0.4, 0.5) is 5.69 Å². The number of anilines is 1. The molecule has 0 aliphatic heterocycles. The molecule has 2 aromatic heterocycles. The molecule has 0 saturated heterocycles. The molecular weight excluding hydrogens is 290 g/mol. The van der Waals surface area contributed by atoms with Gasteiger partial charge in [0.05, 0.1) is 11.0 Å². The van der Waals surface area contributed by atoms with Crippen LogP contribution >= 0.6 is 11.8 Å². The number of thioether (sulfide) groups is 1. The number of imidazole rings is 1. The Bertz CT molecular complexity index is 822. The summed E-state index contributed by atoms with van der Waals surface area (Å²) < 4.78 is 5.18. The van der Waals surface area contributed by atoms with Crippen molar-refractivity contribution in [1.82, 2.24) is 9.97 Å². The lowest BCUT2D eigenvalue weighted by molar-refractivity contribution is 0.0661. The topological polar surface area (TPSA) is 105 Å². The number of nitrogens with one attached hydrogen (secondary N) is 1. The van der Waals surface area contributed by atoms with E-state index in [1.165, 1.54) is 11.8 Å². The van der Waals surface area contributed by atoms with Crippen molar-refractivity contribution in [2.75, 3.05) is 5.73 Å². The van der Waals surface area contributed by atoms with Crippen LogP contribution in [0.1, 0.15) is 21.9 Å².